The van der Waals surface area contributed by atoms with Gasteiger partial charge in [0.2, 0.25) is 0 Å². The fraction of sp³-hybridized carbons (Fsp3) is 0.294. The fourth-order valence-corrected chi connectivity index (χ4v) is 2.26. The van der Waals surface area contributed by atoms with Gasteiger partial charge in [-0.2, -0.15) is 0 Å². The van der Waals surface area contributed by atoms with Crippen LogP contribution in [0, 0.1) is 5.82 Å². The Labute approximate surface area is 140 Å². The maximum absolute atomic E-state index is 14.0. The molecule has 6 heteroatoms. The summed E-state index contributed by atoms with van der Waals surface area (Å²) in [7, 11) is 3.84. The molecule has 0 radical (unpaired) electrons. The van der Waals surface area contributed by atoms with Crippen molar-refractivity contribution in [2.24, 2.45) is 0 Å². The van der Waals surface area contributed by atoms with Gasteiger partial charge in [-0.25, -0.2) is 4.39 Å². The minimum atomic E-state index is -0.574. The zero-order chi connectivity index (χ0) is 16.8. The molecule has 23 heavy (non-hydrogen) atoms. The first kappa shape index (κ1) is 17.4. The number of pyridine rings is 1. The van der Waals surface area contributed by atoms with Crippen molar-refractivity contribution in [3.05, 3.63) is 64.7 Å². The molecule has 0 saturated carbocycles. The quantitative estimate of drug-likeness (QED) is 0.814. The lowest BCUT2D eigenvalue weighted by atomic mass is 10.1. The Morgan fingerprint density at radius 1 is 1.22 bits per heavy atom. The number of aromatic nitrogens is 1. The van der Waals surface area contributed by atoms with Crippen molar-refractivity contribution < 1.29 is 9.18 Å². The number of carbonyl (C=O) groups excluding carboxylic acids is 1. The predicted molar refractivity (Wildman–Crippen MR) is 88.9 cm³/mol. The maximum Gasteiger partial charge on any atom is 0.257 e. The van der Waals surface area contributed by atoms with Gasteiger partial charge in [0.05, 0.1) is 17.8 Å². The van der Waals surface area contributed by atoms with Crippen LogP contribution in [0.4, 0.5) is 4.39 Å². The summed E-state index contributed by atoms with van der Waals surface area (Å²) in [5, 5.41) is 0.333. The molecule has 0 fully saturated rings. The van der Waals surface area contributed by atoms with Crippen molar-refractivity contribution in [2.45, 2.75) is 6.54 Å². The summed E-state index contributed by atoms with van der Waals surface area (Å²) in [6.07, 6.45) is 1.67. The highest BCUT2D eigenvalue weighted by Crippen LogP contribution is 2.17. The molecular weight excluding hydrogens is 317 g/mol. The summed E-state index contributed by atoms with van der Waals surface area (Å²) in [6.45, 7) is 1.45. The second-order valence-electron chi connectivity index (χ2n) is 5.48. The first-order valence-corrected chi connectivity index (χ1v) is 7.64. The zero-order valence-corrected chi connectivity index (χ0v) is 13.9. The summed E-state index contributed by atoms with van der Waals surface area (Å²) >= 11 is 5.90. The van der Waals surface area contributed by atoms with E-state index in [9.17, 15) is 9.18 Å². The van der Waals surface area contributed by atoms with Crippen molar-refractivity contribution in [3.63, 3.8) is 0 Å². The van der Waals surface area contributed by atoms with Gasteiger partial charge in [-0.05, 0) is 44.4 Å². The van der Waals surface area contributed by atoms with Crippen molar-refractivity contribution in [1.29, 1.82) is 0 Å². The van der Waals surface area contributed by atoms with E-state index in [1.165, 1.54) is 18.2 Å². The smallest absolute Gasteiger partial charge is 0.257 e. The van der Waals surface area contributed by atoms with Gasteiger partial charge in [-0.15, -0.1) is 0 Å². The molecule has 0 N–H and O–H groups in total. The topological polar surface area (TPSA) is 36.4 Å². The summed E-state index contributed by atoms with van der Waals surface area (Å²) < 4.78 is 14.0. The number of carbonyl (C=O) groups is 1. The third-order valence-corrected chi connectivity index (χ3v) is 3.58. The van der Waals surface area contributed by atoms with Gasteiger partial charge in [0, 0.05) is 24.3 Å². The van der Waals surface area contributed by atoms with E-state index in [1.54, 1.807) is 11.1 Å². The van der Waals surface area contributed by atoms with E-state index in [0.29, 0.717) is 24.7 Å². The van der Waals surface area contributed by atoms with E-state index in [2.05, 4.69) is 4.98 Å². The standard InChI is InChI=1S/C17H19ClFN3O/c1-21(2)9-10-22(12-14-5-3-4-8-20-14)17(23)15-11-13(18)6-7-16(15)19/h3-8,11H,9-10,12H2,1-2H3. The lowest BCUT2D eigenvalue weighted by Crippen LogP contribution is -2.36. The van der Waals surface area contributed by atoms with Crippen molar-refractivity contribution >= 4 is 17.5 Å². The molecule has 0 atom stereocenters. The molecule has 2 rings (SSSR count). The average Bonchev–Trinajstić information content (AvgIpc) is 2.54. The molecular formula is C17H19ClFN3O. The second kappa shape index (κ2) is 8.04. The first-order chi connectivity index (χ1) is 11.0. The zero-order valence-electron chi connectivity index (χ0n) is 13.2. The number of amides is 1. The SMILES string of the molecule is CN(C)CCN(Cc1ccccn1)C(=O)c1cc(Cl)ccc1F. The number of benzene rings is 1. The lowest BCUT2D eigenvalue weighted by Gasteiger charge is -2.24. The third-order valence-electron chi connectivity index (χ3n) is 3.34. The second-order valence-corrected chi connectivity index (χ2v) is 5.91. The summed E-state index contributed by atoms with van der Waals surface area (Å²) in [5.41, 5.74) is 0.731. The summed E-state index contributed by atoms with van der Waals surface area (Å²) in [5.74, 6) is -0.965. The molecule has 1 heterocycles. The van der Waals surface area contributed by atoms with E-state index in [0.717, 1.165) is 5.69 Å². The molecule has 2 aromatic rings. The highest BCUT2D eigenvalue weighted by atomic mass is 35.5. The number of rotatable bonds is 6. The number of likely N-dealkylation sites (N-methyl/N-ethyl adjacent to an activating group) is 1. The van der Waals surface area contributed by atoms with E-state index in [-0.39, 0.29) is 5.56 Å². The lowest BCUT2D eigenvalue weighted by molar-refractivity contribution is 0.0725. The molecule has 1 aromatic heterocycles. The van der Waals surface area contributed by atoms with Crippen molar-refractivity contribution in [3.8, 4) is 0 Å². The average molecular weight is 336 g/mol. The third kappa shape index (κ3) is 5.01. The van der Waals surface area contributed by atoms with E-state index in [1.807, 2.05) is 37.2 Å². The van der Waals surface area contributed by atoms with Crippen LogP contribution < -0.4 is 0 Å². The number of nitrogens with zero attached hydrogens (tertiary/aromatic N) is 3. The van der Waals surface area contributed by atoms with Gasteiger partial charge < -0.3 is 9.80 Å². The molecule has 0 bridgehead atoms. The fourth-order valence-electron chi connectivity index (χ4n) is 2.09. The monoisotopic (exact) mass is 335 g/mol. The summed E-state index contributed by atoms with van der Waals surface area (Å²) in [4.78, 5) is 20.5. The minimum absolute atomic E-state index is 0.0211. The molecule has 1 amide bonds. The van der Waals surface area contributed by atoms with Gasteiger partial charge in [0.15, 0.2) is 0 Å². The van der Waals surface area contributed by atoms with Gasteiger partial charge in [-0.1, -0.05) is 17.7 Å². The minimum Gasteiger partial charge on any atom is -0.331 e. The van der Waals surface area contributed by atoms with Crippen LogP contribution in [0.25, 0.3) is 0 Å². The normalized spacial score (nSPS) is 10.8. The van der Waals surface area contributed by atoms with Crippen LogP contribution in [-0.4, -0.2) is 47.9 Å². The van der Waals surface area contributed by atoms with Crippen LogP contribution in [0.15, 0.2) is 42.6 Å². The number of halogens is 2. The number of hydrogen-bond donors (Lipinski definition) is 0. The van der Waals surface area contributed by atoms with Crippen LogP contribution in [0.3, 0.4) is 0 Å². The Hall–Kier alpha value is -1.98. The van der Waals surface area contributed by atoms with Crippen molar-refractivity contribution in [1.82, 2.24) is 14.8 Å². The summed E-state index contributed by atoms with van der Waals surface area (Å²) in [6, 6.07) is 9.50. The Bertz CT molecular complexity index is 664. The predicted octanol–water partition coefficient (Wildman–Crippen LogP) is 3.08. The Balaban J connectivity index is 2.24. The molecule has 0 spiro atoms. The van der Waals surface area contributed by atoms with Gasteiger partial charge in [0.25, 0.3) is 5.91 Å². The molecule has 122 valence electrons. The first-order valence-electron chi connectivity index (χ1n) is 7.26. The molecule has 0 aliphatic rings. The van der Waals surface area contributed by atoms with E-state index < -0.39 is 11.7 Å². The molecule has 0 aliphatic heterocycles. The largest absolute Gasteiger partial charge is 0.331 e. The molecule has 4 nitrogen and oxygen atoms in total. The van der Waals surface area contributed by atoms with Crippen LogP contribution in [0.1, 0.15) is 16.1 Å². The highest BCUT2D eigenvalue weighted by molar-refractivity contribution is 6.31. The van der Waals surface area contributed by atoms with Crippen molar-refractivity contribution in [2.75, 3.05) is 27.2 Å². The molecule has 1 aromatic carbocycles. The van der Waals surface area contributed by atoms with Gasteiger partial charge in [0.1, 0.15) is 5.82 Å². The van der Waals surface area contributed by atoms with Crippen LogP contribution in [0.5, 0.6) is 0 Å². The Kier molecular flexibility index (Phi) is 6.07. The molecule has 0 saturated heterocycles. The van der Waals surface area contributed by atoms with Gasteiger partial charge in [-0.3, -0.25) is 9.78 Å². The van der Waals surface area contributed by atoms with E-state index >= 15 is 0 Å². The van der Waals surface area contributed by atoms with Crippen LogP contribution in [-0.2, 0) is 6.54 Å². The Morgan fingerprint density at radius 3 is 2.65 bits per heavy atom. The maximum atomic E-state index is 14.0. The van der Waals surface area contributed by atoms with Crippen LogP contribution in [0.2, 0.25) is 5.02 Å². The Morgan fingerprint density at radius 2 is 2.00 bits per heavy atom. The molecule has 0 aliphatic carbocycles. The van der Waals surface area contributed by atoms with Gasteiger partial charge >= 0.3 is 0 Å². The number of hydrogen-bond acceptors (Lipinski definition) is 3. The molecule has 0 unspecified atom stereocenters. The van der Waals surface area contributed by atoms with Crippen LogP contribution >= 0.6 is 11.6 Å². The highest BCUT2D eigenvalue weighted by Gasteiger charge is 2.20. The van der Waals surface area contributed by atoms with E-state index in [4.69, 9.17) is 11.6 Å².